The molecule has 1 saturated heterocycles. The molecular weight excluding hydrogens is 256 g/mol. The maximum atomic E-state index is 11.7. The number of carbonyl (C=O) groups is 1. The highest BCUT2D eigenvalue weighted by molar-refractivity contribution is 5.92. The second kappa shape index (κ2) is 6.35. The molecule has 0 radical (unpaired) electrons. The fraction of sp³-hybridized carbons (Fsp3) is 0.500. The van der Waals surface area contributed by atoms with E-state index in [4.69, 9.17) is 11.2 Å². The summed E-state index contributed by atoms with van der Waals surface area (Å²) in [5.41, 5.74) is 0.258. The van der Waals surface area contributed by atoms with Crippen LogP contribution in [0.2, 0.25) is 0 Å². The highest BCUT2D eigenvalue weighted by Gasteiger charge is 2.25. The van der Waals surface area contributed by atoms with Crippen molar-refractivity contribution in [3.8, 4) is 12.3 Å². The third kappa shape index (κ3) is 2.89. The average Bonchev–Trinajstić information content (AvgIpc) is 2.53. The first-order valence-electron chi connectivity index (χ1n) is 6.51. The maximum Gasteiger partial charge on any atom is 0.360 e. The number of ether oxygens (including phenoxy) is 1. The van der Waals surface area contributed by atoms with Gasteiger partial charge >= 0.3 is 5.97 Å². The second-order valence-electron chi connectivity index (χ2n) is 4.59. The number of rotatable bonds is 3. The molecular formula is C14H18N4O2. The fourth-order valence-corrected chi connectivity index (χ4v) is 2.23. The van der Waals surface area contributed by atoms with Crippen LogP contribution in [0.4, 0.5) is 5.82 Å². The third-order valence-electron chi connectivity index (χ3n) is 3.46. The van der Waals surface area contributed by atoms with Gasteiger partial charge in [-0.2, -0.15) is 0 Å². The van der Waals surface area contributed by atoms with E-state index < -0.39 is 5.97 Å². The quantitative estimate of drug-likeness (QED) is 0.587. The van der Waals surface area contributed by atoms with Crippen molar-refractivity contribution in [2.24, 2.45) is 0 Å². The summed E-state index contributed by atoms with van der Waals surface area (Å²) in [5.74, 6) is 2.84. The summed E-state index contributed by atoms with van der Waals surface area (Å²) in [6.45, 7) is 5.20. The number of anilines is 1. The van der Waals surface area contributed by atoms with Crippen LogP contribution in [-0.4, -0.2) is 60.2 Å². The summed E-state index contributed by atoms with van der Waals surface area (Å²) in [5, 5.41) is 0. The molecule has 0 amide bonds. The minimum absolute atomic E-state index is 0.124. The summed E-state index contributed by atoms with van der Waals surface area (Å²) >= 11 is 0. The Morgan fingerprint density at radius 3 is 2.60 bits per heavy atom. The number of hydrogen-bond donors (Lipinski definition) is 0. The molecule has 0 saturated carbocycles. The van der Waals surface area contributed by atoms with Crippen LogP contribution in [0.15, 0.2) is 12.4 Å². The largest absolute Gasteiger partial charge is 0.464 e. The minimum Gasteiger partial charge on any atom is -0.464 e. The molecule has 2 heterocycles. The molecule has 6 nitrogen and oxygen atoms in total. The average molecular weight is 274 g/mol. The predicted molar refractivity (Wildman–Crippen MR) is 75.5 cm³/mol. The minimum atomic E-state index is -0.465. The van der Waals surface area contributed by atoms with Crippen molar-refractivity contribution in [3.05, 3.63) is 18.1 Å². The van der Waals surface area contributed by atoms with Gasteiger partial charge in [0.15, 0.2) is 11.5 Å². The lowest BCUT2D eigenvalue weighted by molar-refractivity contribution is 0.0594. The van der Waals surface area contributed by atoms with Gasteiger partial charge < -0.3 is 9.64 Å². The summed E-state index contributed by atoms with van der Waals surface area (Å²) in [6.07, 6.45) is 8.52. The Kier molecular flexibility index (Phi) is 4.53. The molecule has 0 N–H and O–H groups in total. The molecule has 0 bridgehead atoms. The molecule has 1 aromatic rings. The first-order chi connectivity index (χ1) is 9.67. The monoisotopic (exact) mass is 274 g/mol. The van der Waals surface area contributed by atoms with Crippen LogP contribution in [-0.2, 0) is 4.74 Å². The van der Waals surface area contributed by atoms with Crippen LogP contribution >= 0.6 is 0 Å². The van der Waals surface area contributed by atoms with E-state index in [1.165, 1.54) is 13.3 Å². The zero-order valence-electron chi connectivity index (χ0n) is 11.7. The third-order valence-corrected chi connectivity index (χ3v) is 3.46. The molecule has 1 aromatic heterocycles. The molecule has 0 aromatic carbocycles. The SMILES string of the molecule is C#CC(C)N1CCN(c2nccnc2C(=O)OC)CC1. The van der Waals surface area contributed by atoms with Crippen molar-refractivity contribution in [2.75, 3.05) is 38.2 Å². The van der Waals surface area contributed by atoms with Gasteiger partial charge in [0.2, 0.25) is 0 Å². The van der Waals surface area contributed by atoms with Gasteiger partial charge in [-0.05, 0) is 6.92 Å². The zero-order valence-corrected chi connectivity index (χ0v) is 11.7. The number of carbonyl (C=O) groups excluding carboxylic acids is 1. The van der Waals surface area contributed by atoms with Crippen LogP contribution in [0.1, 0.15) is 17.4 Å². The van der Waals surface area contributed by atoms with E-state index in [2.05, 4.69) is 20.8 Å². The van der Waals surface area contributed by atoms with Crippen molar-refractivity contribution < 1.29 is 9.53 Å². The molecule has 2 rings (SSSR count). The summed E-state index contributed by atoms with van der Waals surface area (Å²) in [4.78, 5) is 24.3. The van der Waals surface area contributed by atoms with Crippen molar-refractivity contribution in [2.45, 2.75) is 13.0 Å². The molecule has 20 heavy (non-hydrogen) atoms. The Balaban J connectivity index is 2.11. The molecule has 1 fully saturated rings. The number of hydrogen-bond acceptors (Lipinski definition) is 6. The molecule has 1 atom stereocenters. The Bertz CT molecular complexity index is 518. The van der Waals surface area contributed by atoms with E-state index in [-0.39, 0.29) is 11.7 Å². The fourth-order valence-electron chi connectivity index (χ4n) is 2.23. The van der Waals surface area contributed by atoms with E-state index in [1.807, 2.05) is 11.8 Å². The molecule has 0 spiro atoms. The number of esters is 1. The van der Waals surface area contributed by atoms with Gasteiger partial charge in [0.25, 0.3) is 0 Å². The Morgan fingerprint density at radius 1 is 1.35 bits per heavy atom. The van der Waals surface area contributed by atoms with Crippen molar-refractivity contribution >= 4 is 11.8 Å². The van der Waals surface area contributed by atoms with Crippen molar-refractivity contribution in [3.63, 3.8) is 0 Å². The Hall–Kier alpha value is -2.13. The summed E-state index contributed by atoms with van der Waals surface area (Å²) in [6, 6.07) is 0.124. The number of methoxy groups -OCH3 is 1. The van der Waals surface area contributed by atoms with E-state index in [9.17, 15) is 4.79 Å². The van der Waals surface area contributed by atoms with Gasteiger partial charge in [0.1, 0.15) is 0 Å². The first-order valence-corrected chi connectivity index (χ1v) is 6.51. The van der Waals surface area contributed by atoms with E-state index in [0.717, 1.165) is 26.2 Å². The molecule has 106 valence electrons. The van der Waals surface area contributed by atoms with Gasteiger partial charge in [-0.15, -0.1) is 6.42 Å². The molecule has 0 aliphatic carbocycles. The normalized spacial score (nSPS) is 17.4. The lowest BCUT2D eigenvalue weighted by Crippen LogP contribution is -2.50. The zero-order chi connectivity index (χ0) is 14.5. The summed E-state index contributed by atoms with van der Waals surface area (Å²) in [7, 11) is 1.34. The van der Waals surface area contributed by atoms with Gasteiger partial charge in [-0.1, -0.05) is 5.92 Å². The van der Waals surface area contributed by atoms with Crippen molar-refractivity contribution in [1.82, 2.24) is 14.9 Å². The van der Waals surface area contributed by atoms with Gasteiger partial charge in [0.05, 0.1) is 13.2 Å². The molecule has 1 aliphatic heterocycles. The topological polar surface area (TPSA) is 58.6 Å². The van der Waals surface area contributed by atoms with Gasteiger partial charge in [0, 0.05) is 38.6 Å². The van der Waals surface area contributed by atoms with Crippen molar-refractivity contribution in [1.29, 1.82) is 0 Å². The van der Waals surface area contributed by atoms with Crippen LogP contribution in [0.3, 0.4) is 0 Å². The highest BCUT2D eigenvalue weighted by Crippen LogP contribution is 2.18. The smallest absolute Gasteiger partial charge is 0.360 e. The maximum absolute atomic E-state index is 11.7. The molecule has 1 unspecified atom stereocenters. The first kappa shape index (κ1) is 14.3. The second-order valence-corrected chi connectivity index (χ2v) is 4.59. The van der Waals surface area contributed by atoms with Crippen LogP contribution in [0, 0.1) is 12.3 Å². The van der Waals surface area contributed by atoms with Gasteiger partial charge in [-0.3, -0.25) is 4.90 Å². The summed E-state index contributed by atoms with van der Waals surface area (Å²) < 4.78 is 4.74. The predicted octanol–water partition coefficient (Wildman–Crippen LogP) is 0.407. The Labute approximate surface area is 118 Å². The van der Waals surface area contributed by atoms with Crippen LogP contribution < -0.4 is 4.90 Å². The lowest BCUT2D eigenvalue weighted by atomic mass is 10.2. The lowest BCUT2D eigenvalue weighted by Gasteiger charge is -2.37. The van der Waals surface area contributed by atoms with E-state index in [1.54, 1.807) is 6.20 Å². The van der Waals surface area contributed by atoms with Crippen LogP contribution in [0.5, 0.6) is 0 Å². The molecule has 6 heteroatoms. The Morgan fingerprint density at radius 2 is 2.00 bits per heavy atom. The number of aromatic nitrogens is 2. The number of nitrogens with zero attached hydrogens (tertiary/aromatic N) is 4. The molecule has 1 aliphatic rings. The van der Waals surface area contributed by atoms with E-state index >= 15 is 0 Å². The highest BCUT2D eigenvalue weighted by atomic mass is 16.5. The van der Waals surface area contributed by atoms with Gasteiger partial charge in [-0.25, -0.2) is 14.8 Å². The number of piperazine rings is 1. The van der Waals surface area contributed by atoms with E-state index in [0.29, 0.717) is 5.82 Å². The van der Waals surface area contributed by atoms with Crippen LogP contribution in [0.25, 0.3) is 0 Å². The standard InChI is InChI=1S/C14H18N4O2/c1-4-11(2)17-7-9-18(10-8-17)13-12(14(19)20-3)15-5-6-16-13/h1,5-6,11H,7-10H2,2-3H3. The number of terminal acetylenes is 1.